The molecule has 0 saturated carbocycles. The van der Waals surface area contributed by atoms with Crippen LogP contribution in [0.5, 0.6) is 5.75 Å². The monoisotopic (exact) mass is 356 g/mol. The van der Waals surface area contributed by atoms with E-state index in [0.717, 1.165) is 16.9 Å². The third-order valence-corrected chi connectivity index (χ3v) is 3.94. The van der Waals surface area contributed by atoms with Gasteiger partial charge in [-0.15, -0.1) is 0 Å². The van der Waals surface area contributed by atoms with Gasteiger partial charge in [-0.1, -0.05) is 18.2 Å². The lowest BCUT2D eigenvalue weighted by Crippen LogP contribution is -2.30. The third-order valence-electron chi connectivity index (χ3n) is 3.94. The smallest absolute Gasteiger partial charge is 0.308 e. The van der Waals surface area contributed by atoms with Gasteiger partial charge in [-0.2, -0.15) is 0 Å². The van der Waals surface area contributed by atoms with Crippen LogP contribution in [0.25, 0.3) is 0 Å². The topological polar surface area (TPSA) is 60.5 Å². The van der Waals surface area contributed by atoms with Crippen LogP contribution in [0.2, 0.25) is 0 Å². The molecule has 5 nitrogen and oxygen atoms in total. The molecule has 1 aromatic carbocycles. The third kappa shape index (κ3) is 6.15. The lowest BCUT2D eigenvalue weighted by atomic mass is 10.0. The van der Waals surface area contributed by atoms with Crippen LogP contribution in [0.3, 0.4) is 0 Å². The Morgan fingerprint density at radius 1 is 1.15 bits per heavy atom. The van der Waals surface area contributed by atoms with E-state index < -0.39 is 5.60 Å². The minimum absolute atomic E-state index is 0.0496. The molecule has 0 aliphatic rings. The van der Waals surface area contributed by atoms with E-state index in [4.69, 9.17) is 9.47 Å². The van der Waals surface area contributed by atoms with Crippen LogP contribution in [0, 0.1) is 0 Å². The molecule has 0 aliphatic heterocycles. The highest BCUT2D eigenvalue weighted by molar-refractivity contribution is 5.71. The van der Waals surface area contributed by atoms with Crippen molar-refractivity contribution in [1.82, 2.24) is 10.3 Å². The summed E-state index contributed by atoms with van der Waals surface area (Å²) in [4.78, 5) is 16.5. The fraction of sp³-hybridized carbons (Fsp3) is 0.429. The number of methoxy groups -OCH3 is 1. The molecule has 26 heavy (non-hydrogen) atoms. The van der Waals surface area contributed by atoms with Gasteiger partial charge in [-0.25, -0.2) is 0 Å². The van der Waals surface area contributed by atoms with Crippen molar-refractivity contribution in [3.8, 4) is 5.75 Å². The highest BCUT2D eigenvalue weighted by Crippen LogP contribution is 2.24. The number of carbonyl (C=O) groups excluding carboxylic acids is 1. The van der Waals surface area contributed by atoms with E-state index in [1.165, 1.54) is 0 Å². The molecule has 140 valence electrons. The van der Waals surface area contributed by atoms with E-state index >= 15 is 0 Å². The van der Waals surface area contributed by atoms with Crippen molar-refractivity contribution in [1.29, 1.82) is 0 Å². The van der Waals surface area contributed by atoms with Gasteiger partial charge in [0.15, 0.2) is 0 Å². The number of esters is 1. The first-order chi connectivity index (χ1) is 12.3. The number of nitrogens with one attached hydrogen (secondary N) is 1. The summed E-state index contributed by atoms with van der Waals surface area (Å²) in [6.07, 6.45) is 3.74. The number of hydrogen-bond acceptors (Lipinski definition) is 5. The number of nitrogens with zero attached hydrogens (tertiary/aromatic N) is 1. The lowest BCUT2D eigenvalue weighted by molar-refractivity contribution is -0.155. The first-order valence-corrected chi connectivity index (χ1v) is 8.80. The van der Waals surface area contributed by atoms with E-state index in [0.29, 0.717) is 0 Å². The van der Waals surface area contributed by atoms with Crippen molar-refractivity contribution in [3.63, 3.8) is 0 Å². The molecule has 1 heterocycles. The molecule has 2 atom stereocenters. The molecule has 5 heteroatoms. The van der Waals surface area contributed by atoms with E-state index in [2.05, 4.69) is 17.2 Å². The largest absolute Gasteiger partial charge is 0.497 e. The molecule has 0 amide bonds. The van der Waals surface area contributed by atoms with Gasteiger partial charge in [0.2, 0.25) is 0 Å². The summed E-state index contributed by atoms with van der Waals surface area (Å²) in [7, 11) is 1.65. The average molecular weight is 356 g/mol. The molecule has 0 spiro atoms. The maximum absolute atomic E-state index is 12.3. The van der Waals surface area contributed by atoms with Gasteiger partial charge in [0.25, 0.3) is 0 Å². The Bertz CT molecular complexity index is 693. The van der Waals surface area contributed by atoms with Crippen LogP contribution in [0.1, 0.15) is 57.3 Å². The molecule has 0 fully saturated rings. The normalized spacial score (nSPS) is 13.7. The van der Waals surface area contributed by atoms with Crippen LogP contribution in [-0.2, 0) is 9.53 Å². The molecule has 2 rings (SSSR count). The predicted octanol–water partition coefficient (Wildman–Crippen LogP) is 4.21. The average Bonchev–Trinajstić information content (AvgIpc) is 2.60. The molecule has 1 aromatic heterocycles. The van der Waals surface area contributed by atoms with Crippen LogP contribution >= 0.6 is 0 Å². The van der Waals surface area contributed by atoms with Crippen molar-refractivity contribution >= 4 is 5.97 Å². The molecule has 1 N–H and O–H groups in total. The predicted molar refractivity (Wildman–Crippen MR) is 102 cm³/mol. The highest BCUT2D eigenvalue weighted by atomic mass is 16.6. The Hall–Kier alpha value is -2.40. The Kier molecular flexibility index (Phi) is 6.75. The molecule has 0 radical (unpaired) electrons. The Balaban J connectivity index is 2.14. The van der Waals surface area contributed by atoms with Gasteiger partial charge in [-0.05, 0) is 57.0 Å². The van der Waals surface area contributed by atoms with E-state index in [9.17, 15) is 4.79 Å². The van der Waals surface area contributed by atoms with Crippen molar-refractivity contribution in [2.75, 3.05) is 7.11 Å². The maximum Gasteiger partial charge on any atom is 0.308 e. The van der Waals surface area contributed by atoms with Crippen molar-refractivity contribution in [3.05, 3.63) is 59.9 Å². The molecular formula is C21H28N2O3. The summed E-state index contributed by atoms with van der Waals surface area (Å²) < 4.78 is 10.7. The zero-order valence-electron chi connectivity index (χ0n) is 16.2. The zero-order valence-corrected chi connectivity index (χ0v) is 16.2. The lowest BCUT2D eigenvalue weighted by Gasteiger charge is -2.26. The van der Waals surface area contributed by atoms with Crippen LogP contribution in [0.4, 0.5) is 0 Å². The number of carbonyl (C=O) groups is 1. The second-order valence-electron chi connectivity index (χ2n) is 7.29. The highest BCUT2D eigenvalue weighted by Gasteiger charge is 2.23. The van der Waals surface area contributed by atoms with Gasteiger partial charge < -0.3 is 14.8 Å². The summed E-state index contributed by atoms with van der Waals surface area (Å²) in [5, 5.41) is 3.52. The maximum atomic E-state index is 12.3. The molecular weight excluding hydrogens is 328 g/mol. The minimum atomic E-state index is -0.502. The van der Waals surface area contributed by atoms with Gasteiger partial charge in [0.1, 0.15) is 11.4 Å². The number of rotatable bonds is 7. The Labute approximate surface area is 155 Å². The van der Waals surface area contributed by atoms with Crippen LogP contribution < -0.4 is 10.1 Å². The second-order valence-corrected chi connectivity index (χ2v) is 7.29. The van der Waals surface area contributed by atoms with Crippen molar-refractivity contribution in [2.45, 2.75) is 51.8 Å². The summed E-state index contributed by atoms with van der Waals surface area (Å²) >= 11 is 0. The fourth-order valence-corrected chi connectivity index (χ4v) is 2.70. The fourth-order valence-electron chi connectivity index (χ4n) is 2.70. The molecule has 0 unspecified atom stereocenters. The Morgan fingerprint density at radius 3 is 2.38 bits per heavy atom. The van der Waals surface area contributed by atoms with Crippen molar-refractivity contribution < 1.29 is 14.3 Å². The molecule has 0 saturated heterocycles. The number of benzene rings is 1. The number of pyridine rings is 1. The van der Waals surface area contributed by atoms with Crippen LogP contribution in [0.15, 0.2) is 48.8 Å². The number of aromatic nitrogens is 1. The Morgan fingerprint density at radius 2 is 1.85 bits per heavy atom. The summed E-state index contributed by atoms with van der Waals surface area (Å²) in [5.74, 6) is 0.583. The molecule has 0 aliphatic carbocycles. The van der Waals surface area contributed by atoms with Gasteiger partial charge in [0.05, 0.1) is 13.5 Å². The first-order valence-electron chi connectivity index (χ1n) is 8.80. The first kappa shape index (κ1) is 19.9. The summed E-state index contributed by atoms with van der Waals surface area (Å²) in [6, 6.07) is 11.6. The van der Waals surface area contributed by atoms with E-state index in [1.54, 1.807) is 19.5 Å². The standard InChI is InChI=1S/C21H28N2O3/c1-15(16-8-10-18(25-5)11-9-16)23-19(17-7-6-12-22-14-17)13-20(24)26-21(2,3)4/h6-12,14-15,19,23H,13H2,1-5H3/t15-,19+/m1/s1. The van der Waals surface area contributed by atoms with Gasteiger partial charge >= 0.3 is 5.97 Å². The SMILES string of the molecule is COc1ccc([C@@H](C)N[C@@H](CC(=O)OC(C)(C)C)c2cccnc2)cc1. The summed E-state index contributed by atoms with van der Waals surface area (Å²) in [6.45, 7) is 7.69. The van der Waals surface area contributed by atoms with Crippen LogP contribution in [-0.4, -0.2) is 23.7 Å². The number of hydrogen-bond donors (Lipinski definition) is 1. The van der Waals surface area contributed by atoms with Gasteiger partial charge in [0, 0.05) is 24.5 Å². The summed E-state index contributed by atoms with van der Waals surface area (Å²) in [5.41, 5.74) is 1.57. The quantitative estimate of drug-likeness (QED) is 0.753. The second kappa shape index (κ2) is 8.81. The van der Waals surface area contributed by atoms with Crippen molar-refractivity contribution in [2.24, 2.45) is 0 Å². The van der Waals surface area contributed by atoms with Gasteiger partial charge in [-0.3, -0.25) is 9.78 Å². The van der Waals surface area contributed by atoms with E-state index in [-0.39, 0.29) is 24.5 Å². The minimum Gasteiger partial charge on any atom is -0.497 e. The zero-order chi connectivity index (χ0) is 19.2. The number of ether oxygens (including phenoxy) is 2. The molecule has 2 aromatic rings. The molecule has 0 bridgehead atoms. The van der Waals surface area contributed by atoms with E-state index in [1.807, 2.05) is 57.2 Å².